The van der Waals surface area contributed by atoms with Gasteiger partial charge in [0.2, 0.25) is 5.95 Å². The number of nitrogens with zero attached hydrogens (tertiary/aromatic N) is 2. The van der Waals surface area contributed by atoms with Crippen molar-refractivity contribution in [2.75, 3.05) is 11.9 Å². The van der Waals surface area contributed by atoms with Crippen molar-refractivity contribution in [1.29, 1.82) is 0 Å². The number of hydrogen-bond donors (Lipinski definition) is 2. The molecule has 1 saturated heterocycles. The van der Waals surface area contributed by atoms with Crippen molar-refractivity contribution in [3.63, 3.8) is 0 Å². The van der Waals surface area contributed by atoms with E-state index in [1.54, 1.807) is 18.2 Å². The number of carbonyl (C=O) groups excluding carboxylic acids is 4. The van der Waals surface area contributed by atoms with Crippen LogP contribution in [-0.4, -0.2) is 76.2 Å². The predicted octanol–water partition coefficient (Wildman–Crippen LogP) is 3.83. The molecule has 5 unspecified atom stereocenters. The highest BCUT2D eigenvalue weighted by Crippen LogP contribution is 2.29. The number of ether oxygens (including phenoxy) is 5. The Kier molecular flexibility index (Phi) is 11.6. The van der Waals surface area contributed by atoms with Gasteiger partial charge in [-0.1, -0.05) is 54.1 Å². The lowest BCUT2D eigenvalue weighted by Gasteiger charge is -2.44. The maximum atomic E-state index is 12.2. The Morgan fingerprint density at radius 1 is 0.783 bits per heavy atom. The normalized spacial score (nSPS) is 20.5. The molecule has 0 spiro atoms. The van der Waals surface area contributed by atoms with E-state index in [9.17, 15) is 19.2 Å². The lowest BCUT2D eigenvalue weighted by atomic mass is 9.97. The second kappa shape index (κ2) is 15.6. The molecule has 2 N–H and O–H groups in total. The first-order valence-corrected chi connectivity index (χ1v) is 14.8. The van der Waals surface area contributed by atoms with Gasteiger partial charge in [-0.05, 0) is 30.4 Å². The number of carbonyl (C=O) groups is 4. The molecular weight excluding hydrogens is 640 g/mol. The Bertz CT molecular complexity index is 1610. The monoisotopic (exact) mass is 670 g/mol. The van der Waals surface area contributed by atoms with Crippen LogP contribution in [0, 0.1) is 0 Å². The summed E-state index contributed by atoms with van der Waals surface area (Å²) in [6.07, 6.45) is -6.48. The number of aromatic nitrogens is 2. The van der Waals surface area contributed by atoms with E-state index in [4.69, 9.17) is 47.5 Å². The fraction of sp³-hybridized carbons (Fsp3) is 0.323. The first-order valence-electron chi connectivity index (χ1n) is 14.0. The quantitative estimate of drug-likeness (QED) is 0.192. The minimum atomic E-state index is -1.37. The number of benzene rings is 2. The molecule has 0 saturated carbocycles. The molecular formula is C31H31ClN4O9S. The van der Waals surface area contributed by atoms with Gasteiger partial charge < -0.3 is 34.3 Å². The topological polar surface area (TPSA) is 164 Å². The van der Waals surface area contributed by atoms with Crippen molar-refractivity contribution in [3.8, 4) is 22.5 Å². The number of hydrogen-bond acceptors (Lipinski definition) is 12. The molecule has 13 nitrogen and oxygen atoms in total. The zero-order valence-electron chi connectivity index (χ0n) is 25.2. The van der Waals surface area contributed by atoms with Crippen molar-refractivity contribution in [2.24, 2.45) is 0 Å². The summed E-state index contributed by atoms with van der Waals surface area (Å²) in [5.41, 5.74) is 2.68. The largest absolute Gasteiger partial charge is 0.463 e. The van der Waals surface area contributed by atoms with Gasteiger partial charge in [0, 0.05) is 43.8 Å². The van der Waals surface area contributed by atoms with Crippen LogP contribution >= 0.6 is 23.8 Å². The molecule has 0 amide bonds. The van der Waals surface area contributed by atoms with E-state index in [0.717, 1.165) is 31.9 Å². The SMILES string of the molecule is CC(=O)OCC1OC(NC(=S)Nc2nc(-c3ccccc3)cc(-c3cccc(Cl)c3)n2)C(OC(C)=O)C(OC(C)=O)C1OC(C)=O. The molecule has 15 heteroatoms. The van der Waals surface area contributed by atoms with Gasteiger partial charge in [-0.15, -0.1) is 0 Å². The molecule has 0 radical (unpaired) electrons. The van der Waals surface area contributed by atoms with Crippen LogP contribution in [0.5, 0.6) is 0 Å². The van der Waals surface area contributed by atoms with Crippen molar-refractivity contribution in [1.82, 2.24) is 15.3 Å². The number of anilines is 1. The summed E-state index contributed by atoms with van der Waals surface area (Å²) in [6.45, 7) is 4.21. The smallest absolute Gasteiger partial charge is 0.303 e. The van der Waals surface area contributed by atoms with Crippen LogP contribution in [0.1, 0.15) is 27.7 Å². The van der Waals surface area contributed by atoms with Gasteiger partial charge in [-0.25, -0.2) is 9.97 Å². The predicted molar refractivity (Wildman–Crippen MR) is 169 cm³/mol. The summed E-state index contributed by atoms with van der Waals surface area (Å²) < 4.78 is 27.5. The Hall–Kier alpha value is -4.66. The third kappa shape index (κ3) is 9.42. The Morgan fingerprint density at radius 3 is 1.98 bits per heavy atom. The van der Waals surface area contributed by atoms with E-state index < -0.39 is 54.5 Å². The van der Waals surface area contributed by atoms with Gasteiger partial charge in [-0.3, -0.25) is 19.2 Å². The first-order chi connectivity index (χ1) is 21.9. The molecule has 5 atom stereocenters. The second-order valence-corrected chi connectivity index (χ2v) is 10.9. The number of rotatable bonds is 9. The van der Waals surface area contributed by atoms with Gasteiger partial charge in [0.15, 0.2) is 29.7 Å². The van der Waals surface area contributed by atoms with Crippen molar-refractivity contribution >= 4 is 58.8 Å². The summed E-state index contributed by atoms with van der Waals surface area (Å²) in [7, 11) is 0. The fourth-order valence-corrected chi connectivity index (χ4v) is 5.06. The van der Waals surface area contributed by atoms with Crippen LogP contribution in [0.3, 0.4) is 0 Å². The van der Waals surface area contributed by atoms with Crippen LogP contribution in [0.25, 0.3) is 22.5 Å². The second-order valence-electron chi connectivity index (χ2n) is 10.1. The maximum absolute atomic E-state index is 12.2. The number of nitrogens with one attached hydrogen (secondary N) is 2. The number of halogens is 1. The zero-order chi connectivity index (χ0) is 33.4. The maximum Gasteiger partial charge on any atom is 0.303 e. The third-order valence-electron chi connectivity index (χ3n) is 6.41. The molecule has 2 aromatic carbocycles. The van der Waals surface area contributed by atoms with Crippen LogP contribution in [-0.2, 0) is 42.9 Å². The number of thiocarbonyl (C=S) groups is 1. The Labute approximate surface area is 274 Å². The molecule has 1 aliphatic rings. The zero-order valence-corrected chi connectivity index (χ0v) is 26.8. The summed E-state index contributed by atoms with van der Waals surface area (Å²) in [6, 6.07) is 18.4. The molecule has 1 aromatic heterocycles. The van der Waals surface area contributed by atoms with E-state index >= 15 is 0 Å². The highest BCUT2D eigenvalue weighted by Gasteiger charge is 2.52. The summed E-state index contributed by atoms with van der Waals surface area (Å²) in [4.78, 5) is 57.1. The van der Waals surface area contributed by atoms with E-state index in [1.807, 2.05) is 42.5 Å². The molecule has 0 aliphatic carbocycles. The van der Waals surface area contributed by atoms with Gasteiger partial charge in [0.05, 0.1) is 11.4 Å². The minimum Gasteiger partial charge on any atom is -0.463 e. The van der Waals surface area contributed by atoms with Crippen LogP contribution < -0.4 is 10.6 Å². The Balaban J connectivity index is 1.67. The van der Waals surface area contributed by atoms with Gasteiger partial charge in [0.1, 0.15) is 12.7 Å². The van der Waals surface area contributed by atoms with E-state index in [0.29, 0.717) is 16.4 Å². The Morgan fingerprint density at radius 2 is 1.37 bits per heavy atom. The highest BCUT2D eigenvalue weighted by molar-refractivity contribution is 7.80. The van der Waals surface area contributed by atoms with Gasteiger partial charge >= 0.3 is 23.9 Å². The van der Waals surface area contributed by atoms with Crippen molar-refractivity contribution in [2.45, 2.75) is 58.3 Å². The summed E-state index contributed by atoms with van der Waals surface area (Å²) in [5, 5.41) is 6.28. The van der Waals surface area contributed by atoms with Crippen molar-refractivity contribution in [3.05, 3.63) is 65.7 Å². The molecule has 242 valence electrons. The summed E-state index contributed by atoms with van der Waals surface area (Å²) >= 11 is 11.8. The molecule has 46 heavy (non-hydrogen) atoms. The van der Waals surface area contributed by atoms with Gasteiger partial charge in [-0.2, -0.15) is 0 Å². The van der Waals surface area contributed by atoms with Crippen LogP contribution in [0.2, 0.25) is 5.02 Å². The third-order valence-corrected chi connectivity index (χ3v) is 6.86. The highest BCUT2D eigenvalue weighted by atomic mass is 35.5. The minimum absolute atomic E-state index is 0.0665. The van der Waals surface area contributed by atoms with Gasteiger partial charge in [0.25, 0.3) is 0 Å². The molecule has 3 aromatic rings. The first kappa shape index (κ1) is 34.2. The van der Waals surface area contributed by atoms with E-state index in [1.165, 1.54) is 6.92 Å². The standard InChI is InChI=1S/C31H31ClN4O9S/c1-16(37)41-15-25-26(42-17(2)38)27(43-18(3)39)28(44-19(4)40)29(45-25)35-31(46)36-30-33-23(20-9-6-5-7-10-20)14-24(34-30)21-11-8-12-22(32)13-21/h5-14,25-29H,15H2,1-4H3,(H2,33,34,35,36,46). The molecule has 0 bridgehead atoms. The lowest BCUT2D eigenvalue weighted by Crippen LogP contribution is -2.66. The molecule has 1 fully saturated rings. The van der Waals surface area contributed by atoms with Crippen LogP contribution in [0.15, 0.2) is 60.7 Å². The average Bonchev–Trinajstić information content (AvgIpc) is 2.98. The van der Waals surface area contributed by atoms with E-state index in [-0.39, 0.29) is 17.7 Å². The molecule has 4 rings (SSSR count). The summed E-state index contributed by atoms with van der Waals surface area (Å²) in [5.74, 6) is -2.77. The van der Waals surface area contributed by atoms with Crippen molar-refractivity contribution < 1.29 is 42.9 Å². The lowest BCUT2D eigenvalue weighted by molar-refractivity contribution is -0.254. The number of esters is 4. The molecule has 1 aliphatic heterocycles. The molecule has 2 heterocycles. The van der Waals surface area contributed by atoms with Crippen LogP contribution in [0.4, 0.5) is 5.95 Å². The average molecular weight is 671 g/mol. The van der Waals surface area contributed by atoms with E-state index in [2.05, 4.69) is 20.6 Å². The fourth-order valence-electron chi connectivity index (χ4n) is 4.67.